The molecule has 0 aromatic carbocycles. The van der Waals surface area contributed by atoms with Crippen molar-refractivity contribution in [3.63, 3.8) is 0 Å². The maximum atomic E-state index is 7.00. The van der Waals surface area contributed by atoms with E-state index < -0.39 is 0 Å². The maximum absolute atomic E-state index is 7.00. The summed E-state index contributed by atoms with van der Waals surface area (Å²) < 4.78 is 0. The molecule has 2 N–H and O–H groups in total. The molecule has 0 spiro atoms. The molecule has 0 aliphatic rings. The van der Waals surface area contributed by atoms with E-state index in [1.807, 2.05) is 13.8 Å². The molecule has 0 rings (SSSR count). The highest BCUT2D eigenvalue weighted by Gasteiger charge is 1.75. The number of hydrogen-bond donors (Lipinski definition) is 2. The van der Waals surface area contributed by atoms with Gasteiger partial charge in [-0.3, -0.25) is 0 Å². The van der Waals surface area contributed by atoms with Crippen molar-refractivity contribution in [2.75, 3.05) is 7.11 Å². The molecule has 0 heterocycles. The zero-order valence-electron chi connectivity index (χ0n) is 5.10. The molecular formula is C5H13NO. The van der Waals surface area contributed by atoms with Gasteiger partial charge in [-0.2, -0.15) is 0 Å². The Morgan fingerprint density at radius 2 is 1.57 bits per heavy atom. The zero-order chi connectivity index (χ0) is 6.28. The van der Waals surface area contributed by atoms with Gasteiger partial charge in [0.15, 0.2) is 0 Å². The molecule has 0 aliphatic heterocycles. The molecule has 0 aromatic heterocycles. The van der Waals surface area contributed by atoms with E-state index >= 15 is 0 Å². The molecule has 0 saturated heterocycles. The van der Waals surface area contributed by atoms with Gasteiger partial charge >= 0.3 is 0 Å². The Balaban J connectivity index is 0. The van der Waals surface area contributed by atoms with Crippen molar-refractivity contribution in [1.29, 1.82) is 5.41 Å². The van der Waals surface area contributed by atoms with Crippen LogP contribution in [0, 0.1) is 11.3 Å². The van der Waals surface area contributed by atoms with Crippen LogP contribution in [0.15, 0.2) is 0 Å². The van der Waals surface area contributed by atoms with Gasteiger partial charge in [0.2, 0.25) is 0 Å². The molecule has 44 valence electrons. The Hall–Kier alpha value is -0.370. The Labute approximate surface area is 44.7 Å². The zero-order valence-corrected chi connectivity index (χ0v) is 5.10. The molecule has 2 heteroatoms. The van der Waals surface area contributed by atoms with E-state index in [0.717, 1.165) is 7.11 Å². The van der Waals surface area contributed by atoms with Crippen LogP contribution in [0.3, 0.4) is 0 Å². The van der Waals surface area contributed by atoms with E-state index in [0.29, 0.717) is 5.92 Å². The SMILES string of the molecule is CC(C)C=N.CO. The van der Waals surface area contributed by atoms with Gasteiger partial charge in [0.05, 0.1) is 0 Å². The highest BCUT2D eigenvalue weighted by atomic mass is 16.2. The minimum Gasteiger partial charge on any atom is -0.400 e. The lowest BCUT2D eigenvalue weighted by molar-refractivity contribution is 0.399. The molecule has 0 aliphatic carbocycles. The van der Waals surface area contributed by atoms with E-state index in [4.69, 9.17) is 10.5 Å². The first-order chi connectivity index (χ1) is 3.27. The molecule has 0 aromatic rings. The lowest BCUT2D eigenvalue weighted by Gasteiger charge is -1.82. The second-order valence-electron chi connectivity index (χ2n) is 1.41. The van der Waals surface area contributed by atoms with Crippen molar-refractivity contribution in [3.8, 4) is 0 Å². The van der Waals surface area contributed by atoms with Crippen LogP contribution >= 0.6 is 0 Å². The van der Waals surface area contributed by atoms with Crippen LogP contribution in [0.1, 0.15) is 13.8 Å². The number of aliphatic hydroxyl groups is 1. The van der Waals surface area contributed by atoms with Crippen LogP contribution < -0.4 is 0 Å². The van der Waals surface area contributed by atoms with E-state index in [-0.39, 0.29) is 0 Å². The van der Waals surface area contributed by atoms with Gasteiger partial charge in [-0.15, -0.1) is 0 Å². The summed E-state index contributed by atoms with van der Waals surface area (Å²) in [6.07, 6.45) is 1.42. The molecule has 0 fully saturated rings. The molecule has 0 unspecified atom stereocenters. The van der Waals surface area contributed by atoms with Gasteiger partial charge in [-0.1, -0.05) is 13.8 Å². The molecule has 0 bridgehead atoms. The number of nitrogens with one attached hydrogen (secondary N) is 1. The van der Waals surface area contributed by atoms with Gasteiger partial charge in [0.25, 0.3) is 0 Å². The number of hydrogen-bond acceptors (Lipinski definition) is 2. The summed E-state index contributed by atoms with van der Waals surface area (Å²) in [5.74, 6) is 0.426. The largest absolute Gasteiger partial charge is 0.400 e. The molecule has 0 radical (unpaired) electrons. The predicted octanol–water partition coefficient (Wildman–Crippen LogP) is 0.900. The van der Waals surface area contributed by atoms with Crippen LogP contribution in [-0.4, -0.2) is 18.4 Å². The lowest BCUT2D eigenvalue weighted by atomic mass is 10.3. The Morgan fingerprint density at radius 1 is 1.43 bits per heavy atom. The Bertz CT molecular complexity index is 35.1. The van der Waals surface area contributed by atoms with Gasteiger partial charge in [0, 0.05) is 7.11 Å². The molecule has 0 amide bonds. The first-order valence-electron chi connectivity index (χ1n) is 2.22. The number of rotatable bonds is 1. The van der Waals surface area contributed by atoms with Gasteiger partial charge in [-0.05, 0) is 12.1 Å². The summed E-state index contributed by atoms with van der Waals surface area (Å²) in [4.78, 5) is 0. The summed E-state index contributed by atoms with van der Waals surface area (Å²) in [7, 11) is 1.00. The maximum Gasteiger partial charge on any atom is 0.0319 e. The third-order valence-corrected chi connectivity index (χ3v) is 0.333. The second-order valence-corrected chi connectivity index (χ2v) is 1.41. The standard InChI is InChI=1S/C4H9N.CH4O/c1-4(2)3-5;1-2/h3-5H,1-2H3;2H,1H3. The van der Waals surface area contributed by atoms with Crippen molar-refractivity contribution in [3.05, 3.63) is 0 Å². The van der Waals surface area contributed by atoms with Crippen molar-refractivity contribution >= 4 is 6.21 Å². The summed E-state index contributed by atoms with van der Waals surface area (Å²) in [6, 6.07) is 0. The first kappa shape index (κ1) is 9.80. The van der Waals surface area contributed by atoms with Crippen LogP contribution in [0.4, 0.5) is 0 Å². The van der Waals surface area contributed by atoms with Crippen LogP contribution in [0.25, 0.3) is 0 Å². The Kier molecular flexibility index (Phi) is 12.8. The van der Waals surface area contributed by atoms with Crippen molar-refractivity contribution in [2.24, 2.45) is 5.92 Å². The van der Waals surface area contributed by atoms with Gasteiger partial charge in [0.1, 0.15) is 0 Å². The third-order valence-electron chi connectivity index (χ3n) is 0.333. The van der Waals surface area contributed by atoms with E-state index in [2.05, 4.69) is 0 Å². The van der Waals surface area contributed by atoms with Crippen LogP contribution in [0.2, 0.25) is 0 Å². The normalized spacial score (nSPS) is 7.00. The minimum atomic E-state index is 0.426. The van der Waals surface area contributed by atoms with E-state index in [9.17, 15) is 0 Å². The monoisotopic (exact) mass is 103 g/mol. The summed E-state index contributed by atoms with van der Waals surface area (Å²) >= 11 is 0. The van der Waals surface area contributed by atoms with Crippen molar-refractivity contribution < 1.29 is 5.11 Å². The molecule has 0 saturated carbocycles. The lowest BCUT2D eigenvalue weighted by Crippen LogP contribution is -1.81. The van der Waals surface area contributed by atoms with Crippen LogP contribution in [-0.2, 0) is 0 Å². The molecule has 7 heavy (non-hydrogen) atoms. The third kappa shape index (κ3) is 27.9. The fraction of sp³-hybridized carbons (Fsp3) is 0.800. The molecular weight excluding hydrogens is 90.1 g/mol. The van der Waals surface area contributed by atoms with E-state index in [1.165, 1.54) is 6.21 Å². The predicted molar refractivity (Wildman–Crippen MR) is 31.8 cm³/mol. The number of aliphatic hydroxyl groups excluding tert-OH is 1. The van der Waals surface area contributed by atoms with Crippen LogP contribution in [0.5, 0.6) is 0 Å². The van der Waals surface area contributed by atoms with Gasteiger partial charge < -0.3 is 10.5 Å². The smallest absolute Gasteiger partial charge is 0.0319 e. The fourth-order valence-corrected chi connectivity index (χ4v) is 0. The summed E-state index contributed by atoms with van der Waals surface area (Å²) in [5, 5.41) is 13.5. The second kappa shape index (κ2) is 9.16. The van der Waals surface area contributed by atoms with E-state index in [1.54, 1.807) is 0 Å². The quantitative estimate of drug-likeness (QED) is 0.476. The average Bonchev–Trinajstić information content (AvgIpc) is 1.73. The minimum absolute atomic E-state index is 0.426. The van der Waals surface area contributed by atoms with Crippen molar-refractivity contribution in [2.45, 2.75) is 13.8 Å². The molecule has 0 atom stereocenters. The Morgan fingerprint density at radius 3 is 1.57 bits per heavy atom. The summed E-state index contributed by atoms with van der Waals surface area (Å²) in [5.41, 5.74) is 0. The first-order valence-corrected chi connectivity index (χ1v) is 2.22. The fourth-order valence-electron chi connectivity index (χ4n) is 0. The van der Waals surface area contributed by atoms with Gasteiger partial charge in [-0.25, -0.2) is 0 Å². The average molecular weight is 103 g/mol. The molecule has 2 nitrogen and oxygen atoms in total. The topological polar surface area (TPSA) is 44.1 Å². The van der Waals surface area contributed by atoms with Crippen molar-refractivity contribution in [1.82, 2.24) is 0 Å². The highest BCUT2D eigenvalue weighted by molar-refractivity contribution is 5.55. The summed E-state index contributed by atoms with van der Waals surface area (Å²) in [6.45, 7) is 3.96. The highest BCUT2D eigenvalue weighted by Crippen LogP contribution is 1.79.